The fourth-order valence-electron chi connectivity index (χ4n) is 3.02. The molecule has 4 heteroatoms. The van der Waals surface area contributed by atoms with Gasteiger partial charge in [0.15, 0.2) is 0 Å². The SMILES string of the molecule is Cc1cc(-c2ncccc2-c2ccc3nc(C#N)ccc3c2)ccc1F. The standard InChI is InChI=1S/C22H14FN3/c1-14-11-17(5-8-20(14)23)22-19(3-2-10-25-22)15-6-9-21-16(12-15)4-7-18(13-24)26-21/h2-12H,1H3. The van der Waals surface area contributed by atoms with Crippen LogP contribution in [-0.2, 0) is 0 Å². The number of nitriles is 1. The number of hydrogen-bond acceptors (Lipinski definition) is 3. The number of fused-ring (bicyclic) bond motifs is 1. The van der Waals surface area contributed by atoms with Crippen molar-refractivity contribution in [3.05, 3.63) is 83.9 Å². The number of pyridine rings is 2. The van der Waals surface area contributed by atoms with Gasteiger partial charge in [-0.15, -0.1) is 0 Å². The van der Waals surface area contributed by atoms with Gasteiger partial charge in [0, 0.05) is 22.7 Å². The molecule has 0 bridgehead atoms. The third kappa shape index (κ3) is 2.80. The second-order valence-corrected chi connectivity index (χ2v) is 6.08. The molecule has 0 amide bonds. The highest BCUT2D eigenvalue weighted by atomic mass is 19.1. The van der Waals surface area contributed by atoms with Crippen LogP contribution in [0.4, 0.5) is 4.39 Å². The van der Waals surface area contributed by atoms with Crippen molar-refractivity contribution in [2.24, 2.45) is 0 Å². The average Bonchev–Trinajstić information content (AvgIpc) is 2.69. The van der Waals surface area contributed by atoms with Gasteiger partial charge in [-0.1, -0.05) is 12.1 Å². The predicted octanol–water partition coefficient (Wildman–Crippen LogP) is 5.28. The number of aryl methyl sites for hydroxylation is 1. The van der Waals surface area contributed by atoms with Crippen LogP contribution in [0.25, 0.3) is 33.3 Å². The van der Waals surface area contributed by atoms with Crippen molar-refractivity contribution in [3.8, 4) is 28.5 Å². The van der Waals surface area contributed by atoms with Crippen LogP contribution in [-0.4, -0.2) is 9.97 Å². The van der Waals surface area contributed by atoms with Gasteiger partial charge in [0.05, 0.1) is 11.2 Å². The van der Waals surface area contributed by atoms with E-state index in [4.69, 9.17) is 5.26 Å². The van der Waals surface area contributed by atoms with Gasteiger partial charge in [0.2, 0.25) is 0 Å². The lowest BCUT2D eigenvalue weighted by Crippen LogP contribution is -1.91. The molecular formula is C22H14FN3. The summed E-state index contributed by atoms with van der Waals surface area (Å²) in [6.45, 7) is 1.75. The minimum Gasteiger partial charge on any atom is -0.256 e. The third-order valence-electron chi connectivity index (χ3n) is 4.35. The van der Waals surface area contributed by atoms with E-state index in [-0.39, 0.29) is 5.82 Å². The Kier molecular flexibility index (Phi) is 3.91. The Morgan fingerprint density at radius 1 is 0.962 bits per heavy atom. The predicted molar refractivity (Wildman–Crippen MR) is 99.8 cm³/mol. The van der Waals surface area contributed by atoms with Crippen molar-refractivity contribution >= 4 is 10.9 Å². The van der Waals surface area contributed by atoms with Crippen LogP contribution in [0.3, 0.4) is 0 Å². The Morgan fingerprint density at radius 3 is 2.62 bits per heavy atom. The molecule has 0 fully saturated rings. The van der Waals surface area contributed by atoms with Crippen molar-refractivity contribution in [1.29, 1.82) is 5.26 Å². The lowest BCUT2D eigenvalue weighted by molar-refractivity contribution is 0.619. The number of benzene rings is 2. The summed E-state index contributed by atoms with van der Waals surface area (Å²) in [6.07, 6.45) is 1.74. The first-order chi connectivity index (χ1) is 12.7. The number of rotatable bonds is 2. The molecule has 0 aliphatic heterocycles. The van der Waals surface area contributed by atoms with Gasteiger partial charge in [-0.2, -0.15) is 5.26 Å². The maximum absolute atomic E-state index is 13.6. The molecule has 4 aromatic rings. The average molecular weight is 339 g/mol. The molecule has 0 unspecified atom stereocenters. The van der Waals surface area contributed by atoms with E-state index in [1.54, 1.807) is 25.3 Å². The Morgan fingerprint density at radius 2 is 1.81 bits per heavy atom. The topological polar surface area (TPSA) is 49.6 Å². The molecule has 0 saturated carbocycles. The third-order valence-corrected chi connectivity index (χ3v) is 4.35. The summed E-state index contributed by atoms with van der Waals surface area (Å²) in [6, 6.07) is 20.5. The molecule has 0 N–H and O–H groups in total. The first-order valence-corrected chi connectivity index (χ1v) is 8.18. The van der Waals surface area contributed by atoms with Gasteiger partial charge >= 0.3 is 0 Å². The van der Waals surface area contributed by atoms with Gasteiger partial charge in [0.25, 0.3) is 0 Å². The largest absolute Gasteiger partial charge is 0.256 e. The molecule has 2 aromatic carbocycles. The lowest BCUT2D eigenvalue weighted by atomic mass is 9.97. The highest BCUT2D eigenvalue weighted by Crippen LogP contribution is 2.32. The van der Waals surface area contributed by atoms with E-state index in [2.05, 4.69) is 16.0 Å². The monoisotopic (exact) mass is 339 g/mol. The first kappa shape index (κ1) is 15.9. The van der Waals surface area contributed by atoms with Crippen molar-refractivity contribution in [3.63, 3.8) is 0 Å². The summed E-state index contributed by atoms with van der Waals surface area (Å²) < 4.78 is 13.6. The van der Waals surface area contributed by atoms with Gasteiger partial charge in [-0.3, -0.25) is 4.98 Å². The van der Waals surface area contributed by atoms with Gasteiger partial charge < -0.3 is 0 Å². The number of hydrogen-bond donors (Lipinski definition) is 0. The van der Waals surface area contributed by atoms with Crippen LogP contribution < -0.4 is 0 Å². The second-order valence-electron chi connectivity index (χ2n) is 6.08. The van der Waals surface area contributed by atoms with Crippen LogP contribution in [0, 0.1) is 24.1 Å². The maximum Gasteiger partial charge on any atom is 0.141 e. The zero-order chi connectivity index (χ0) is 18.1. The molecule has 0 atom stereocenters. The first-order valence-electron chi connectivity index (χ1n) is 8.18. The molecule has 0 saturated heterocycles. The zero-order valence-electron chi connectivity index (χ0n) is 14.1. The molecule has 26 heavy (non-hydrogen) atoms. The molecule has 4 rings (SSSR count). The van der Waals surface area contributed by atoms with Gasteiger partial charge in [0.1, 0.15) is 17.6 Å². The van der Waals surface area contributed by atoms with E-state index in [1.807, 2.05) is 42.5 Å². The number of aromatic nitrogens is 2. The Labute approximate surface area is 150 Å². The van der Waals surface area contributed by atoms with Gasteiger partial charge in [-0.25, -0.2) is 9.37 Å². The molecule has 124 valence electrons. The summed E-state index contributed by atoms with van der Waals surface area (Å²) in [4.78, 5) is 8.83. The zero-order valence-corrected chi connectivity index (χ0v) is 14.1. The second kappa shape index (κ2) is 6.38. The number of halogens is 1. The van der Waals surface area contributed by atoms with E-state index in [9.17, 15) is 4.39 Å². The highest BCUT2D eigenvalue weighted by molar-refractivity contribution is 5.88. The van der Waals surface area contributed by atoms with Gasteiger partial charge in [-0.05, 0) is 66.6 Å². The Balaban J connectivity index is 1.87. The smallest absolute Gasteiger partial charge is 0.141 e. The van der Waals surface area contributed by atoms with E-state index >= 15 is 0 Å². The maximum atomic E-state index is 13.6. The molecule has 2 heterocycles. The summed E-state index contributed by atoms with van der Waals surface area (Å²) >= 11 is 0. The van der Waals surface area contributed by atoms with Crippen LogP contribution >= 0.6 is 0 Å². The minimum atomic E-state index is -0.226. The molecule has 0 aliphatic carbocycles. The summed E-state index contributed by atoms with van der Waals surface area (Å²) in [5, 5.41) is 9.94. The van der Waals surface area contributed by atoms with Crippen LogP contribution in [0.15, 0.2) is 66.9 Å². The fourth-order valence-corrected chi connectivity index (χ4v) is 3.02. The summed E-state index contributed by atoms with van der Waals surface area (Å²) in [7, 11) is 0. The molecule has 0 spiro atoms. The van der Waals surface area contributed by atoms with Crippen LogP contribution in [0.2, 0.25) is 0 Å². The Bertz CT molecular complexity index is 1180. The van der Waals surface area contributed by atoms with Crippen molar-refractivity contribution in [2.75, 3.05) is 0 Å². The highest BCUT2D eigenvalue weighted by Gasteiger charge is 2.11. The summed E-state index contributed by atoms with van der Waals surface area (Å²) in [5.74, 6) is -0.226. The quantitative estimate of drug-likeness (QED) is 0.499. The molecule has 3 nitrogen and oxygen atoms in total. The molecule has 0 aliphatic rings. The molecule has 2 aromatic heterocycles. The normalized spacial score (nSPS) is 10.7. The van der Waals surface area contributed by atoms with E-state index in [0.29, 0.717) is 11.3 Å². The lowest BCUT2D eigenvalue weighted by Gasteiger charge is -2.11. The van der Waals surface area contributed by atoms with E-state index in [1.165, 1.54) is 6.07 Å². The summed E-state index contributed by atoms with van der Waals surface area (Å²) in [5.41, 5.74) is 5.39. The molecular weight excluding hydrogens is 325 g/mol. The van der Waals surface area contributed by atoms with E-state index < -0.39 is 0 Å². The van der Waals surface area contributed by atoms with Crippen LogP contribution in [0.5, 0.6) is 0 Å². The van der Waals surface area contributed by atoms with Crippen LogP contribution in [0.1, 0.15) is 11.3 Å². The fraction of sp³-hybridized carbons (Fsp3) is 0.0455. The number of nitrogens with zero attached hydrogens (tertiary/aromatic N) is 3. The van der Waals surface area contributed by atoms with Crippen molar-refractivity contribution < 1.29 is 4.39 Å². The minimum absolute atomic E-state index is 0.226. The van der Waals surface area contributed by atoms with E-state index in [0.717, 1.165) is 33.3 Å². The van der Waals surface area contributed by atoms with Crippen molar-refractivity contribution in [2.45, 2.75) is 6.92 Å². The Hall–Kier alpha value is -3.58. The molecule has 0 radical (unpaired) electrons. The van der Waals surface area contributed by atoms with Crippen molar-refractivity contribution in [1.82, 2.24) is 9.97 Å².